The fraction of sp³-hybridized carbons (Fsp3) is 0.773. The van der Waals surface area contributed by atoms with Crippen LogP contribution in [-0.2, 0) is 20.8 Å². The minimum Gasteiger partial charge on any atom is -0.480 e. The van der Waals surface area contributed by atoms with Gasteiger partial charge < -0.3 is 24.4 Å². The molecule has 0 bridgehead atoms. The van der Waals surface area contributed by atoms with Crippen LogP contribution in [0.15, 0.2) is 5.38 Å². The summed E-state index contributed by atoms with van der Waals surface area (Å²) in [6.07, 6.45) is 1.17. The first-order chi connectivity index (χ1) is 14.6. The van der Waals surface area contributed by atoms with Gasteiger partial charge in [0.05, 0.1) is 12.2 Å². The van der Waals surface area contributed by atoms with E-state index in [2.05, 4.69) is 25.8 Å². The van der Waals surface area contributed by atoms with Gasteiger partial charge >= 0.3 is 12.0 Å². The quantitative estimate of drug-likeness (QED) is 0.471. The number of ether oxygens (including phenoxy) is 2. The van der Waals surface area contributed by atoms with Crippen molar-refractivity contribution >= 4 is 23.3 Å². The summed E-state index contributed by atoms with van der Waals surface area (Å²) < 4.78 is 11.2. The molecule has 1 aromatic heterocycles. The largest absolute Gasteiger partial charge is 0.480 e. The molecule has 1 aromatic rings. The van der Waals surface area contributed by atoms with Gasteiger partial charge in [-0.2, -0.15) is 0 Å². The molecule has 31 heavy (non-hydrogen) atoms. The van der Waals surface area contributed by atoms with E-state index >= 15 is 0 Å². The van der Waals surface area contributed by atoms with Crippen LogP contribution in [0.1, 0.15) is 71.4 Å². The molecule has 0 saturated carbocycles. The second-order valence-electron chi connectivity index (χ2n) is 9.18. The highest BCUT2D eigenvalue weighted by Crippen LogP contribution is 2.29. The summed E-state index contributed by atoms with van der Waals surface area (Å²) in [5, 5.41) is 12.5. The summed E-state index contributed by atoms with van der Waals surface area (Å²) in [7, 11) is 0. The lowest BCUT2D eigenvalue weighted by atomic mass is 9.84. The van der Waals surface area contributed by atoms with Crippen LogP contribution in [0.3, 0.4) is 0 Å². The van der Waals surface area contributed by atoms with Crippen molar-refractivity contribution in [3.05, 3.63) is 16.1 Å². The molecular formula is C22H37N3O5S. The van der Waals surface area contributed by atoms with Crippen LogP contribution in [-0.4, -0.2) is 64.2 Å². The Bertz CT molecular complexity index is 727. The number of carboxylic acids is 1. The fourth-order valence-corrected chi connectivity index (χ4v) is 4.50. The molecule has 1 fully saturated rings. The van der Waals surface area contributed by atoms with E-state index in [1.807, 2.05) is 26.2 Å². The van der Waals surface area contributed by atoms with Crippen molar-refractivity contribution in [3.63, 3.8) is 0 Å². The second-order valence-corrected chi connectivity index (χ2v) is 10.1. The predicted octanol–water partition coefficient (Wildman–Crippen LogP) is 4.37. The van der Waals surface area contributed by atoms with Crippen LogP contribution in [0.5, 0.6) is 0 Å². The van der Waals surface area contributed by atoms with E-state index < -0.39 is 18.3 Å². The van der Waals surface area contributed by atoms with E-state index in [0.29, 0.717) is 32.8 Å². The Hall–Kier alpha value is -1.71. The van der Waals surface area contributed by atoms with Crippen molar-refractivity contribution in [1.82, 2.24) is 14.8 Å². The standard InChI is InChI=1S/C22H37N3O5S/c1-7-29-20(30-8-2)18-23-16(14-31-18)13-24-11-12-25(21(24)28)17(19(26)27)15(3)9-10-22(4,5)6/h14-15,17,20H,7-13H2,1-6H3,(H,26,27)/t15-,17-/m0/s1. The highest BCUT2D eigenvalue weighted by Gasteiger charge is 2.40. The molecule has 9 heteroatoms. The Morgan fingerprint density at radius 3 is 2.45 bits per heavy atom. The van der Waals surface area contributed by atoms with Gasteiger partial charge in [-0.1, -0.05) is 27.7 Å². The van der Waals surface area contributed by atoms with Crippen molar-refractivity contribution in [3.8, 4) is 0 Å². The highest BCUT2D eigenvalue weighted by molar-refractivity contribution is 7.09. The first-order valence-electron chi connectivity index (χ1n) is 11.0. The minimum atomic E-state index is -0.941. The monoisotopic (exact) mass is 455 g/mol. The van der Waals surface area contributed by atoms with Gasteiger partial charge in [-0.3, -0.25) is 0 Å². The third-order valence-electron chi connectivity index (χ3n) is 5.36. The Morgan fingerprint density at radius 1 is 1.26 bits per heavy atom. The molecule has 2 rings (SSSR count). The van der Waals surface area contributed by atoms with Gasteiger partial charge in [0.15, 0.2) is 0 Å². The predicted molar refractivity (Wildman–Crippen MR) is 120 cm³/mol. The lowest BCUT2D eigenvalue weighted by Gasteiger charge is -2.31. The van der Waals surface area contributed by atoms with E-state index in [1.54, 1.807) is 4.90 Å². The number of aliphatic carboxylic acids is 1. The third kappa shape index (κ3) is 7.15. The number of carboxylic acid groups (broad SMARTS) is 1. The maximum atomic E-state index is 13.0. The van der Waals surface area contributed by atoms with Crippen LogP contribution < -0.4 is 0 Å². The molecule has 1 aliphatic heterocycles. The average molecular weight is 456 g/mol. The molecule has 2 atom stereocenters. The number of hydrogen-bond donors (Lipinski definition) is 1. The smallest absolute Gasteiger partial charge is 0.326 e. The maximum absolute atomic E-state index is 13.0. The van der Waals surface area contributed by atoms with Gasteiger partial charge in [-0.15, -0.1) is 11.3 Å². The zero-order valence-electron chi connectivity index (χ0n) is 19.6. The summed E-state index contributed by atoms with van der Waals surface area (Å²) in [6.45, 7) is 14.4. The molecule has 0 aromatic carbocycles. The SMILES string of the molecule is CCOC(OCC)c1nc(CN2CCN([C@H](C(=O)O)[C@@H](C)CCC(C)(C)C)C2=O)cs1. The molecule has 2 amide bonds. The van der Waals surface area contributed by atoms with E-state index in [1.165, 1.54) is 16.2 Å². The number of rotatable bonds is 12. The van der Waals surface area contributed by atoms with Gasteiger partial charge in [0.2, 0.25) is 6.29 Å². The van der Waals surface area contributed by atoms with Crippen molar-refractivity contribution in [2.75, 3.05) is 26.3 Å². The molecule has 0 unspecified atom stereocenters. The Kier molecular flexibility index (Phi) is 9.27. The van der Waals surface area contributed by atoms with Crippen LogP contribution in [0.2, 0.25) is 0 Å². The van der Waals surface area contributed by atoms with Crippen LogP contribution >= 0.6 is 11.3 Å². The lowest BCUT2D eigenvalue weighted by molar-refractivity contribution is -0.144. The number of amides is 2. The molecule has 1 N–H and O–H groups in total. The van der Waals surface area contributed by atoms with Crippen molar-refractivity contribution in [1.29, 1.82) is 0 Å². The summed E-state index contributed by atoms with van der Waals surface area (Å²) in [5.74, 6) is -1.06. The van der Waals surface area contributed by atoms with Crippen LogP contribution in [0.4, 0.5) is 4.79 Å². The molecule has 1 saturated heterocycles. The number of hydrogen-bond acceptors (Lipinski definition) is 6. The van der Waals surface area contributed by atoms with E-state index in [0.717, 1.165) is 23.5 Å². The maximum Gasteiger partial charge on any atom is 0.326 e. The Labute approximate surface area is 189 Å². The third-order valence-corrected chi connectivity index (χ3v) is 6.28. The average Bonchev–Trinajstić information content (AvgIpc) is 3.28. The van der Waals surface area contributed by atoms with Crippen molar-refractivity contribution < 1.29 is 24.2 Å². The Balaban J connectivity index is 2.04. The summed E-state index contributed by atoms with van der Waals surface area (Å²) >= 11 is 1.44. The van der Waals surface area contributed by atoms with E-state index in [9.17, 15) is 14.7 Å². The number of aromatic nitrogens is 1. The summed E-state index contributed by atoms with van der Waals surface area (Å²) in [4.78, 5) is 32.8. The first kappa shape index (κ1) is 25.5. The van der Waals surface area contributed by atoms with Crippen LogP contribution in [0, 0.1) is 11.3 Å². The van der Waals surface area contributed by atoms with Gasteiger partial charge in [0.25, 0.3) is 0 Å². The normalized spacial score (nSPS) is 16.9. The number of thiazole rings is 1. The molecule has 176 valence electrons. The number of carbonyl (C=O) groups is 2. The first-order valence-corrected chi connectivity index (χ1v) is 11.9. The highest BCUT2D eigenvalue weighted by atomic mass is 32.1. The lowest BCUT2D eigenvalue weighted by Crippen LogP contribution is -2.47. The van der Waals surface area contributed by atoms with Crippen molar-refractivity contribution in [2.24, 2.45) is 11.3 Å². The molecule has 0 aliphatic carbocycles. The number of carbonyl (C=O) groups excluding carboxylic acids is 1. The van der Waals surface area contributed by atoms with E-state index in [-0.39, 0.29) is 17.4 Å². The molecular weight excluding hydrogens is 418 g/mol. The molecule has 2 heterocycles. The van der Waals surface area contributed by atoms with Crippen LogP contribution in [0.25, 0.3) is 0 Å². The van der Waals surface area contributed by atoms with Gasteiger partial charge in [-0.05, 0) is 38.0 Å². The minimum absolute atomic E-state index is 0.121. The fourth-order valence-electron chi connectivity index (χ4n) is 3.70. The second kappa shape index (κ2) is 11.2. The molecule has 0 radical (unpaired) electrons. The molecule has 0 spiro atoms. The van der Waals surface area contributed by atoms with Crippen molar-refractivity contribution in [2.45, 2.75) is 73.3 Å². The zero-order valence-corrected chi connectivity index (χ0v) is 20.4. The summed E-state index contributed by atoms with van der Waals surface area (Å²) in [6, 6.07) is -1.05. The number of urea groups is 1. The van der Waals surface area contributed by atoms with Gasteiger partial charge in [0, 0.05) is 31.7 Å². The topological polar surface area (TPSA) is 92.2 Å². The molecule has 1 aliphatic rings. The van der Waals surface area contributed by atoms with Gasteiger partial charge in [-0.25, -0.2) is 14.6 Å². The molecule has 8 nitrogen and oxygen atoms in total. The summed E-state index contributed by atoms with van der Waals surface area (Å²) in [5.41, 5.74) is 0.883. The zero-order chi connectivity index (χ0) is 23.2. The number of nitrogens with zero attached hydrogens (tertiary/aromatic N) is 3. The Morgan fingerprint density at radius 2 is 1.90 bits per heavy atom. The van der Waals surface area contributed by atoms with E-state index in [4.69, 9.17) is 9.47 Å². The van der Waals surface area contributed by atoms with Gasteiger partial charge in [0.1, 0.15) is 11.0 Å².